The average Bonchev–Trinajstić information content (AvgIpc) is 2.56. The van der Waals surface area contributed by atoms with Gasteiger partial charge in [-0.05, 0) is 45.2 Å². The third-order valence-corrected chi connectivity index (χ3v) is 3.96. The van der Waals surface area contributed by atoms with E-state index in [-0.39, 0.29) is 6.10 Å². The fourth-order valence-electron chi connectivity index (χ4n) is 2.65. The fourth-order valence-corrected chi connectivity index (χ4v) is 2.65. The molecule has 0 heterocycles. The summed E-state index contributed by atoms with van der Waals surface area (Å²) in [5.41, 5.74) is 2.31. The van der Waals surface area contributed by atoms with E-state index in [1.807, 2.05) is 13.0 Å². The monoisotopic (exact) mass is 315 g/mol. The highest BCUT2D eigenvalue weighted by atomic mass is 16.7. The molecule has 1 atom stereocenters. The van der Waals surface area contributed by atoms with Crippen molar-refractivity contribution in [2.45, 2.75) is 59.0 Å². The number of rotatable bonds is 6. The largest absolute Gasteiger partial charge is 0.495 e. The Bertz CT molecular complexity index is 590. The Kier molecular flexibility index (Phi) is 6.39. The molecule has 0 radical (unpaired) electrons. The van der Waals surface area contributed by atoms with E-state index < -0.39 is 5.97 Å². The molecule has 0 aromatic heterocycles. The summed E-state index contributed by atoms with van der Waals surface area (Å²) in [5.74, 6) is 0.546. The minimum atomic E-state index is -0.432. The van der Waals surface area contributed by atoms with Crippen molar-refractivity contribution in [1.82, 2.24) is 0 Å². The molecule has 0 bridgehead atoms. The second-order valence-corrected chi connectivity index (χ2v) is 5.90. The lowest BCUT2D eigenvalue weighted by molar-refractivity contribution is 0.0514. The molecule has 0 aliphatic heterocycles. The molecular weight excluding hydrogens is 290 g/mol. The number of carbonyl (C=O) groups excluding carboxylic acids is 1. The van der Waals surface area contributed by atoms with Crippen LogP contribution in [0.3, 0.4) is 0 Å². The molecule has 23 heavy (non-hydrogen) atoms. The molecule has 2 rings (SSSR count). The van der Waals surface area contributed by atoms with E-state index in [9.17, 15) is 4.79 Å². The Labute approximate surface area is 138 Å². The smallest absolute Gasteiger partial charge is 0.365 e. The van der Waals surface area contributed by atoms with Crippen LogP contribution in [0.15, 0.2) is 46.8 Å². The van der Waals surface area contributed by atoms with Gasteiger partial charge in [-0.2, -0.15) is 0 Å². The van der Waals surface area contributed by atoms with Crippen molar-refractivity contribution in [3.63, 3.8) is 0 Å². The predicted octanol–water partition coefficient (Wildman–Crippen LogP) is 4.86. The lowest BCUT2D eigenvalue weighted by Gasteiger charge is -2.23. The van der Waals surface area contributed by atoms with Gasteiger partial charge in [-0.15, -0.1) is 0 Å². The first kappa shape index (κ1) is 17.3. The van der Waals surface area contributed by atoms with Crippen LogP contribution in [0.4, 0.5) is 0 Å². The summed E-state index contributed by atoms with van der Waals surface area (Å²) in [6.45, 7) is 6.23. The normalized spacial score (nSPS) is 18.0. The van der Waals surface area contributed by atoms with Crippen molar-refractivity contribution < 1.29 is 14.4 Å². The van der Waals surface area contributed by atoms with E-state index in [1.54, 1.807) is 24.3 Å². The topological polar surface area (TPSA) is 47.9 Å². The summed E-state index contributed by atoms with van der Waals surface area (Å²) in [7, 11) is 0. The van der Waals surface area contributed by atoms with Crippen LogP contribution in [0.1, 0.15) is 63.2 Å². The Balaban J connectivity index is 2.04. The van der Waals surface area contributed by atoms with Crippen molar-refractivity contribution in [3.8, 4) is 0 Å². The maximum absolute atomic E-state index is 12.0. The molecule has 4 nitrogen and oxygen atoms in total. The van der Waals surface area contributed by atoms with E-state index in [4.69, 9.17) is 9.57 Å². The second kappa shape index (κ2) is 8.51. The highest BCUT2D eigenvalue weighted by molar-refractivity contribution is 6.01. The highest BCUT2D eigenvalue weighted by Crippen LogP contribution is 2.25. The zero-order chi connectivity index (χ0) is 16.7. The fraction of sp³-hybridized carbons (Fsp3) is 0.474. The number of nitrogens with zero attached hydrogens (tertiary/aromatic N) is 1. The number of carbonyl (C=O) groups is 1. The SMILES string of the molecule is CCCC(C)OC1=C(C)C(=NOC(=O)c2ccccc2)CCC1. The maximum Gasteiger partial charge on any atom is 0.365 e. The molecule has 1 aliphatic rings. The summed E-state index contributed by atoms with van der Waals surface area (Å²) < 4.78 is 6.02. The molecule has 4 heteroatoms. The van der Waals surface area contributed by atoms with Gasteiger partial charge in [-0.25, -0.2) is 4.79 Å². The first-order valence-electron chi connectivity index (χ1n) is 8.31. The molecule has 1 aromatic rings. The molecular formula is C19H25NO3. The summed E-state index contributed by atoms with van der Waals surface area (Å²) in [6, 6.07) is 8.89. The maximum atomic E-state index is 12.0. The molecule has 1 unspecified atom stereocenters. The Morgan fingerprint density at radius 1 is 1.26 bits per heavy atom. The van der Waals surface area contributed by atoms with Crippen LogP contribution in [-0.4, -0.2) is 17.8 Å². The third kappa shape index (κ3) is 4.95. The van der Waals surface area contributed by atoms with E-state index in [0.29, 0.717) is 5.56 Å². The Morgan fingerprint density at radius 2 is 2.00 bits per heavy atom. The molecule has 0 amide bonds. The van der Waals surface area contributed by atoms with Crippen LogP contribution in [0.2, 0.25) is 0 Å². The number of allylic oxidation sites excluding steroid dienone is 2. The van der Waals surface area contributed by atoms with Crippen LogP contribution in [0.5, 0.6) is 0 Å². The van der Waals surface area contributed by atoms with Crippen LogP contribution >= 0.6 is 0 Å². The van der Waals surface area contributed by atoms with Gasteiger partial charge in [0, 0.05) is 12.0 Å². The minimum absolute atomic E-state index is 0.205. The summed E-state index contributed by atoms with van der Waals surface area (Å²) >= 11 is 0. The van der Waals surface area contributed by atoms with Crippen LogP contribution in [0, 0.1) is 0 Å². The lowest BCUT2D eigenvalue weighted by Crippen LogP contribution is -2.17. The Hall–Kier alpha value is -2.10. The van der Waals surface area contributed by atoms with Crippen LogP contribution in [0.25, 0.3) is 0 Å². The predicted molar refractivity (Wildman–Crippen MR) is 91.3 cm³/mol. The van der Waals surface area contributed by atoms with Gasteiger partial charge in [-0.1, -0.05) is 36.7 Å². The highest BCUT2D eigenvalue weighted by Gasteiger charge is 2.19. The van der Waals surface area contributed by atoms with Crippen molar-refractivity contribution in [2.24, 2.45) is 5.16 Å². The summed E-state index contributed by atoms with van der Waals surface area (Å²) in [6.07, 6.45) is 5.04. The molecule has 124 valence electrons. The van der Waals surface area contributed by atoms with E-state index in [0.717, 1.165) is 49.1 Å². The number of ether oxygens (including phenoxy) is 1. The second-order valence-electron chi connectivity index (χ2n) is 5.90. The first-order valence-corrected chi connectivity index (χ1v) is 8.31. The van der Waals surface area contributed by atoms with Crippen molar-refractivity contribution >= 4 is 11.7 Å². The number of oxime groups is 1. The zero-order valence-electron chi connectivity index (χ0n) is 14.2. The van der Waals surface area contributed by atoms with Gasteiger partial charge >= 0.3 is 5.97 Å². The van der Waals surface area contributed by atoms with Gasteiger partial charge in [0.2, 0.25) is 0 Å². The molecule has 1 aliphatic carbocycles. The van der Waals surface area contributed by atoms with E-state index >= 15 is 0 Å². The number of hydrogen-bond acceptors (Lipinski definition) is 4. The van der Waals surface area contributed by atoms with Gasteiger partial charge in [-0.3, -0.25) is 0 Å². The lowest BCUT2D eigenvalue weighted by atomic mass is 9.96. The molecule has 0 saturated heterocycles. The first-order chi connectivity index (χ1) is 11.1. The molecule has 0 N–H and O–H groups in total. The number of hydrogen-bond donors (Lipinski definition) is 0. The number of benzene rings is 1. The average molecular weight is 315 g/mol. The van der Waals surface area contributed by atoms with Gasteiger partial charge in [0.25, 0.3) is 0 Å². The van der Waals surface area contributed by atoms with Crippen molar-refractivity contribution in [2.75, 3.05) is 0 Å². The molecule has 0 fully saturated rings. The minimum Gasteiger partial charge on any atom is -0.495 e. The molecule has 1 aromatic carbocycles. The van der Waals surface area contributed by atoms with E-state index in [1.165, 1.54) is 0 Å². The van der Waals surface area contributed by atoms with Crippen LogP contribution in [-0.2, 0) is 9.57 Å². The van der Waals surface area contributed by atoms with Gasteiger partial charge in [0.1, 0.15) is 5.76 Å². The quantitative estimate of drug-likeness (QED) is 0.556. The zero-order valence-corrected chi connectivity index (χ0v) is 14.2. The molecule has 0 saturated carbocycles. The van der Waals surface area contributed by atoms with Gasteiger partial charge < -0.3 is 9.57 Å². The summed E-state index contributed by atoms with van der Waals surface area (Å²) in [4.78, 5) is 17.1. The van der Waals surface area contributed by atoms with E-state index in [2.05, 4.69) is 19.0 Å². The molecule has 0 spiro atoms. The van der Waals surface area contributed by atoms with Gasteiger partial charge in [0.05, 0.1) is 17.4 Å². The summed E-state index contributed by atoms with van der Waals surface area (Å²) in [5, 5.41) is 4.07. The Morgan fingerprint density at radius 3 is 2.70 bits per heavy atom. The van der Waals surface area contributed by atoms with Crippen LogP contribution < -0.4 is 0 Å². The van der Waals surface area contributed by atoms with Crippen molar-refractivity contribution in [3.05, 3.63) is 47.2 Å². The van der Waals surface area contributed by atoms with Crippen molar-refractivity contribution in [1.29, 1.82) is 0 Å². The van der Waals surface area contributed by atoms with Gasteiger partial charge in [0.15, 0.2) is 0 Å². The standard InChI is InChI=1S/C19H25NO3/c1-4-9-14(2)22-18-13-8-12-17(15(18)3)20-23-19(21)16-10-6-5-7-11-16/h5-7,10-11,14H,4,8-9,12-13H2,1-3H3. The third-order valence-electron chi connectivity index (χ3n) is 3.96.